The van der Waals surface area contributed by atoms with Crippen LogP contribution in [0.2, 0.25) is 0 Å². The first-order valence-electron chi connectivity index (χ1n) is 6.64. The summed E-state index contributed by atoms with van der Waals surface area (Å²) in [7, 11) is 0. The summed E-state index contributed by atoms with van der Waals surface area (Å²) in [4.78, 5) is 12.1. The van der Waals surface area contributed by atoms with Crippen LogP contribution in [0.3, 0.4) is 0 Å². The molecule has 0 atom stereocenters. The molecule has 0 aliphatic rings. The van der Waals surface area contributed by atoms with E-state index in [1.54, 1.807) is 24.4 Å². The number of nitrogen functional groups attached to an aromatic ring is 1. The Bertz CT molecular complexity index is 825. The van der Waals surface area contributed by atoms with Crippen LogP contribution in [0.15, 0.2) is 48.9 Å². The van der Waals surface area contributed by atoms with Gasteiger partial charge in [0, 0.05) is 12.3 Å². The number of rotatable bonds is 4. The predicted octanol–water partition coefficient (Wildman–Crippen LogP) is 3.22. The molecule has 116 valence electrons. The van der Waals surface area contributed by atoms with Crippen LogP contribution in [0.5, 0.6) is 0 Å². The van der Waals surface area contributed by atoms with Gasteiger partial charge in [0.05, 0.1) is 5.69 Å². The molecule has 23 heavy (non-hydrogen) atoms. The summed E-state index contributed by atoms with van der Waals surface area (Å²) < 4.78 is 26.9. The number of halogens is 2. The van der Waals surface area contributed by atoms with Crippen LogP contribution in [0, 0.1) is 11.6 Å². The van der Waals surface area contributed by atoms with Crippen molar-refractivity contribution in [3.63, 3.8) is 0 Å². The van der Waals surface area contributed by atoms with Crippen LogP contribution < -0.4 is 16.4 Å². The third-order valence-electron chi connectivity index (χ3n) is 2.98. The summed E-state index contributed by atoms with van der Waals surface area (Å²) in [5.74, 6) is -0.196. The highest BCUT2D eigenvalue weighted by Gasteiger charge is 2.11. The zero-order chi connectivity index (χ0) is 16.2. The van der Waals surface area contributed by atoms with E-state index < -0.39 is 11.6 Å². The molecular formula is C15H12F2N6. The third kappa shape index (κ3) is 3.31. The second-order valence-electron chi connectivity index (χ2n) is 4.57. The average Bonchev–Trinajstić information content (AvgIpc) is 2.55. The molecule has 0 spiro atoms. The third-order valence-corrected chi connectivity index (χ3v) is 2.98. The van der Waals surface area contributed by atoms with Crippen LogP contribution in [0.4, 0.5) is 37.6 Å². The molecule has 0 bridgehead atoms. The van der Waals surface area contributed by atoms with Gasteiger partial charge in [-0.1, -0.05) is 6.07 Å². The first kappa shape index (κ1) is 14.6. The summed E-state index contributed by atoms with van der Waals surface area (Å²) in [5, 5.41) is 5.59. The quantitative estimate of drug-likeness (QED) is 0.685. The normalized spacial score (nSPS) is 10.3. The van der Waals surface area contributed by atoms with Gasteiger partial charge < -0.3 is 16.4 Å². The van der Waals surface area contributed by atoms with Gasteiger partial charge in [-0.25, -0.2) is 23.7 Å². The molecule has 2 heterocycles. The van der Waals surface area contributed by atoms with Crippen molar-refractivity contribution >= 4 is 28.8 Å². The van der Waals surface area contributed by atoms with Crippen molar-refractivity contribution in [3.05, 3.63) is 60.6 Å². The highest BCUT2D eigenvalue weighted by atomic mass is 19.1. The maximum absolute atomic E-state index is 13.7. The van der Waals surface area contributed by atoms with Crippen molar-refractivity contribution in [2.75, 3.05) is 16.4 Å². The van der Waals surface area contributed by atoms with E-state index >= 15 is 0 Å². The fourth-order valence-corrected chi connectivity index (χ4v) is 1.87. The number of hydrogen-bond donors (Lipinski definition) is 3. The average molecular weight is 314 g/mol. The monoisotopic (exact) mass is 314 g/mol. The van der Waals surface area contributed by atoms with E-state index in [2.05, 4.69) is 25.6 Å². The molecule has 4 N–H and O–H groups in total. The number of hydrogen-bond acceptors (Lipinski definition) is 6. The molecule has 2 aromatic heterocycles. The molecule has 0 aliphatic heterocycles. The Morgan fingerprint density at radius 2 is 1.70 bits per heavy atom. The molecule has 0 saturated carbocycles. The Morgan fingerprint density at radius 3 is 2.43 bits per heavy atom. The largest absolute Gasteiger partial charge is 0.393 e. The SMILES string of the molecule is Nc1c(Nc2ccccn2)ncnc1Nc1cc(F)ccc1F. The Morgan fingerprint density at radius 1 is 0.913 bits per heavy atom. The number of nitrogens with one attached hydrogen (secondary N) is 2. The van der Waals surface area contributed by atoms with E-state index in [4.69, 9.17) is 5.73 Å². The summed E-state index contributed by atoms with van der Waals surface area (Å²) in [6.07, 6.45) is 2.86. The molecule has 3 aromatic rings. The maximum Gasteiger partial charge on any atom is 0.160 e. The van der Waals surface area contributed by atoms with Gasteiger partial charge >= 0.3 is 0 Å². The highest BCUT2D eigenvalue weighted by Crippen LogP contribution is 2.28. The number of benzene rings is 1. The summed E-state index contributed by atoms with van der Waals surface area (Å²) in [6.45, 7) is 0. The minimum absolute atomic E-state index is 0.0702. The maximum atomic E-state index is 13.7. The van der Waals surface area contributed by atoms with Crippen LogP contribution >= 0.6 is 0 Å². The molecule has 0 radical (unpaired) electrons. The number of anilines is 5. The van der Waals surface area contributed by atoms with Gasteiger partial charge in [-0.15, -0.1) is 0 Å². The van der Waals surface area contributed by atoms with Crippen molar-refractivity contribution in [1.29, 1.82) is 0 Å². The molecule has 8 heteroatoms. The van der Waals surface area contributed by atoms with Crippen LogP contribution in [0.1, 0.15) is 0 Å². The molecule has 0 amide bonds. The van der Waals surface area contributed by atoms with E-state index in [1.165, 1.54) is 6.33 Å². The standard InChI is InChI=1S/C15H12F2N6/c16-9-4-5-10(17)11(7-9)22-14-13(18)15(21-8-20-14)23-12-3-1-2-6-19-12/h1-8H,18H2,(H2,19,20,21,22,23). The minimum Gasteiger partial charge on any atom is -0.393 e. The van der Waals surface area contributed by atoms with Crippen LogP contribution in [-0.2, 0) is 0 Å². The molecule has 1 aromatic carbocycles. The van der Waals surface area contributed by atoms with E-state index in [0.717, 1.165) is 18.2 Å². The Kier molecular flexibility index (Phi) is 3.96. The van der Waals surface area contributed by atoms with Gasteiger partial charge in [0.15, 0.2) is 11.6 Å². The molecular weight excluding hydrogens is 302 g/mol. The number of nitrogens with zero attached hydrogens (tertiary/aromatic N) is 3. The van der Waals surface area contributed by atoms with Gasteiger partial charge in [-0.3, -0.25) is 0 Å². The molecule has 0 unspecified atom stereocenters. The van der Waals surface area contributed by atoms with Gasteiger partial charge in [-0.2, -0.15) is 0 Å². The van der Waals surface area contributed by atoms with Crippen molar-refractivity contribution in [2.45, 2.75) is 0 Å². The Balaban J connectivity index is 1.89. The van der Waals surface area contributed by atoms with Crippen molar-refractivity contribution in [1.82, 2.24) is 15.0 Å². The summed E-state index contributed by atoms with van der Waals surface area (Å²) in [6, 6.07) is 8.37. The summed E-state index contributed by atoms with van der Waals surface area (Å²) >= 11 is 0. The lowest BCUT2D eigenvalue weighted by Crippen LogP contribution is -2.06. The zero-order valence-electron chi connectivity index (χ0n) is 11.8. The number of nitrogens with two attached hydrogens (primary N) is 1. The molecule has 6 nitrogen and oxygen atoms in total. The fourth-order valence-electron chi connectivity index (χ4n) is 1.87. The smallest absolute Gasteiger partial charge is 0.160 e. The lowest BCUT2D eigenvalue weighted by atomic mass is 10.3. The van der Waals surface area contributed by atoms with E-state index in [0.29, 0.717) is 11.6 Å². The van der Waals surface area contributed by atoms with E-state index in [1.807, 2.05) is 0 Å². The van der Waals surface area contributed by atoms with Crippen LogP contribution in [0.25, 0.3) is 0 Å². The van der Waals surface area contributed by atoms with Crippen molar-refractivity contribution < 1.29 is 8.78 Å². The van der Waals surface area contributed by atoms with Gasteiger partial charge in [0.2, 0.25) is 0 Å². The van der Waals surface area contributed by atoms with Crippen molar-refractivity contribution in [2.24, 2.45) is 0 Å². The van der Waals surface area contributed by atoms with Gasteiger partial charge in [0.25, 0.3) is 0 Å². The summed E-state index contributed by atoms with van der Waals surface area (Å²) in [5.41, 5.74) is 6.06. The topological polar surface area (TPSA) is 88.8 Å². The molecule has 0 saturated heterocycles. The fraction of sp³-hybridized carbons (Fsp3) is 0. The molecule has 0 fully saturated rings. The second-order valence-corrected chi connectivity index (χ2v) is 4.57. The van der Waals surface area contributed by atoms with Gasteiger partial charge in [-0.05, 0) is 24.3 Å². The Labute approximate surface area is 130 Å². The van der Waals surface area contributed by atoms with Crippen molar-refractivity contribution in [3.8, 4) is 0 Å². The first-order chi connectivity index (χ1) is 11.1. The van der Waals surface area contributed by atoms with Crippen LogP contribution in [-0.4, -0.2) is 15.0 Å². The minimum atomic E-state index is -0.622. The lowest BCUT2D eigenvalue weighted by molar-refractivity contribution is 0.603. The van der Waals surface area contributed by atoms with E-state index in [-0.39, 0.29) is 17.2 Å². The number of pyridine rings is 1. The number of aromatic nitrogens is 3. The second kappa shape index (κ2) is 6.22. The molecule has 3 rings (SSSR count). The Hall–Kier alpha value is -3.29. The zero-order valence-corrected chi connectivity index (χ0v) is 11.8. The lowest BCUT2D eigenvalue weighted by Gasteiger charge is -2.12. The predicted molar refractivity (Wildman–Crippen MR) is 83.6 cm³/mol. The van der Waals surface area contributed by atoms with E-state index in [9.17, 15) is 8.78 Å². The molecule has 0 aliphatic carbocycles. The van der Waals surface area contributed by atoms with Gasteiger partial charge in [0.1, 0.15) is 29.5 Å². The highest BCUT2D eigenvalue weighted by molar-refractivity contribution is 5.79. The first-order valence-corrected chi connectivity index (χ1v) is 6.64.